The van der Waals surface area contributed by atoms with Crippen molar-refractivity contribution in [1.29, 1.82) is 5.26 Å². The van der Waals surface area contributed by atoms with E-state index in [9.17, 15) is 10.1 Å². The Bertz CT molecular complexity index is 945. The van der Waals surface area contributed by atoms with E-state index in [2.05, 4.69) is 4.98 Å². The van der Waals surface area contributed by atoms with Crippen LogP contribution in [0.15, 0.2) is 41.7 Å². The monoisotopic (exact) mass is 350 g/mol. The van der Waals surface area contributed by atoms with Crippen molar-refractivity contribution in [2.45, 2.75) is 19.8 Å². The van der Waals surface area contributed by atoms with Crippen molar-refractivity contribution in [2.24, 2.45) is 0 Å². The van der Waals surface area contributed by atoms with Gasteiger partial charge in [0.1, 0.15) is 23.2 Å². The normalized spacial score (nSPS) is 15.7. The molecule has 1 aliphatic heterocycles. The first-order valence-electron chi connectivity index (χ1n) is 8.09. The summed E-state index contributed by atoms with van der Waals surface area (Å²) in [6.07, 6.45) is 0. The fraction of sp³-hybridized carbons (Fsp3) is 0.211. The molecule has 0 spiro atoms. The highest BCUT2D eigenvalue weighted by molar-refractivity contribution is 5.93. The van der Waals surface area contributed by atoms with Gasteiger partial charge in [-0.05, 0) is 19.4 Å². The molecule has 132 valence electrons. The second kappa shape index (κ2) is 6.76. The molecule has 7 heteroatoms. The fourth-order valence-electron chi connectivity index (χ4n) is 3.08. The van der Waals surface area contributed by atoms with E-state index >= 15 is 0 Å². The summed E-state index contributed by atoms with van der Waals surface area (Å²) >= 11 is 0. The molecule has 0 bridgehead atoms. The Morgan fingerprint density at radius 2 is 2.04 bits per heavy atom. The molecule has 1 aliphatic rings. The molecule has 2 aromatic rings. The summed E-state index contributed by atoms with van der Waals surface area (Å²) in [5, 5.41) is 9.37. The van der Waals surface area contributed by atoms with E-state index in [0.29, 0.717) is 16.9 Å². The molecule has 0 fully saturated rings. The van der Waals surface area contributed by atoms with Gasteiger partial charge in [-0.15, -0.1) is 0 Å². The van der Waals surface area contributed by atoms with Crippen LogP contribution in [-0.4, -0.2) is 17.6 Å². The number of allylic oxidation sites excluding steroid dienone is 1. The van der Waals surface area contributed by atoms with Gasteiger partial charge in [0.05, 0.1) is 29.3 Å². The Morgan fingerprint density at radius 3 is 2.65 bits per heavy atom. The molecule has 1 aromatic heterocycles. The minimum absolute atomic E-state index is 0.0112. The lowest BCUT2D eigenvalue weighted by atomic mass is 9.82. The van der Waals surface area contributed by atoms with Crippen LogP contribution in [0.1, 0.15) is 36.5 Å². The summed E-state index contributed by atoms with van der Waals surface area (Å²) in [5.74, 6) is -0.527. The molecule has 4 N–H and O–H groups in total. The van der Waals surface area contributed by atoms with Gasteiger partial charge < -0.3 is 20.9 Å². The lowest BCUT2D eigenvalue weighted by Crippen LogP contribution is -2.25. The fourth-order valence-corrected chi connectivity index (χ4v) is 3.08. The van der Waals surface area contributed by atoms with Crippen LogP contribution >= 0.6 is 0 Å². The summed E-state index contributed by atoms with van der Waals surface area (Å²) < 4.78 is 10.9. The summed E-state index contributed by atoms with van der Waals surface area (Å²) in [6, 6.07) is 11.3. The van der Waals surface area contributed by atoms with Crippen LogP contribution in [0.2, 0.25) is 0 Å². The number of nitrogen functional groups attached to an aromatic ring is 2. The Balaban J connectivity index is 2.31. The molecule has 0 aliphatic carbocycles. The number of anilines is 2. The second-order valence-corrected chi connectivity index (χ2v) is 5.75. The highest BCUT2D eigenvalue weighted by Crippen LogP contribution is 2.47. The number of ether oxygens (including phenoxy) is 2. The first kappa shape index (κ1) is 17.3. The van der Waals surface area contributed by atoms with Crippen LogP contribution in [0, 0.1) is 11.3 Å². The van der Waals surface area contributed by atoms with Gasteiger partial charge in [-0.2, -0.15) is 10.2 Å². The molecule has 1 unspecified atom stereocenters. The van der Waals surface area contributed by atoms with Crippen LogP contribution < -0.4 is 16.2 Å². The maximum Gasteiger partial charge on any atom is 0.338 e. The van der Waals surface area contributed by atoms with E-state index in [1.54, 1.807) is 13.8 Å². The molecule has 1 aromatic carbocycles. The number of hydrogen-bond donors (Lipinski definition) is 2. The van der Waals surface area contributed by atoms with E-state index in [-0.39, 0.29) is 29.6 Å². The van der Waals surface area contributed by atoms with Gasteiger partial charge >= 0.3 is 5.97 Å². The Labute approximate surface area is 150 Å². The molecule has 0 saturated heterocycles. The van der Waals surface area contributed by atoms with Crippen molar-refractivity contribution in [2.75, 3.05) is 18.1 Å². The Kier molecular flexibility index (Phi) is 4.50. The number of nitriles is 1. The van der Waals surface area contributed by atoms with Gasteiger partial charge in [-0.1, -0.05) is 30.3 Å². The van der Waals surface area contributed by atoms with E-state index in [1.807, 2.05) is 36.4 Å². The molecular formula is C19H18N4O3. The standard InChI is InChI=1S/C19H18N4O3/c1-3-25-19(24)13-10(2)26-18-15(14(13)11-7-5-4-6-8-11)16(21)12(9-20)17(22)23-18/h4-8,14H,3H2,1-2H3,(H4,21,22,23). The summed E-state index contributed by atoms with van der Waals surface area (Å²) in [7, 11) is 0. The maximum absolute atomic E-state index is 12.6. The SMILES string of the molecule is CCOC(=O)C1=C(C)Oc2nc(N)c(C#N)c(N)c2C1c1ccccc1. The topological polar surface area (TPSA) is 124 Å². The van der Waals surface area contributed by atoms with E-state index in [0.717, 1.165) is 5.56 Å². The Hall–Kier alpha value is -3.53. The van der Waals surface area contributed by atoms with Gasteiger partial charge in [0.25, 0.3) is 0 Å². The highest BCUT2D eigenvalue weighted by Gasteiger charge is 2.38. The predicted octanol–water partition coefficient (Wildman–Crippen LogP) is 2.48. The lowest BCUT2D eigenvalue weighted by molar-refractivity contribution is -0.139. The van der Waals surface area contributed by atoms with E-state index < -0.39 is 11.9 Å². The van der Waals surface area contributed by atoms with Crippen molar-refractivity contribution in [3.05, 3.63) is 58.4 Å². The largest absolute Gasteiger partial charge is 0.463 e. The van der Waals surface area contributed by atoms with Crippen molar-refractivity contribution in [3.8, 4) is 11.9 Å². The molecule has 0 amide bonds. The quantitative estimate of drug-likeness (QED) is 0.815. The van der Waals surface area contributed by atoms with Crippen LogP contribution in [-0.2, 0) is 9.53 Å². The minimum Gasteiger partial charge on any atom is -0.463 e. The average Bonchev–Trinajstić information content (AvgIpc) is 2.61. The van der Waals surface area contributed by atoms with Crippen LogP contribution in [0.5, 0.6) is 5.88 Å². The number of benzene rings is 1. The van der Waals surface area contributed by atoms with Crippen LogP contribution in [0.3, 0.4) is 0 Å². The van der Waals surface area contributed by atoms with Crippen LogP contribution in [0.4, 0.5) is 11.5 Å². The van der Waals surface area contributed by atoms with Gasteiger partial charge in [0.2, 0.25) is 5.88 Å². The van der Waals surface area contributed by atoms with Crippen LogP contribution in [0.25, 0.3) is 0 Å². The number of pyridine rings is 1. The molecule has 26 heavy (non-hydrogen) atoms. The number of esters is 1. The molecule has 0 radical (unpaired) electrons. The van der Waals surface area contributed by atoms with Crippen molar-refractivity contribution in [1.82, 2.24) is 4.98 Å². The number of carbonyl (C=O) groups is 1. The van der Waals surface area contributed by atoms with Gasteiger partial charge in [-0.3, -0.25) is 0 Å². The van der Waals surface area contributed by atoms with Crippen molar-refractivity contribution < 1.29 is 14.3 Å². The van der Waals surface area contributed by atoms with Gasteiger partial charge in [-0.25, -0.2) is 4.79 Å². The second-order valence-electron chi connectivity index (χ2n) is 5.75. The third-order valence-corrected chi connectivity index (χ3v) is 4.21. The maximum atomic E-state index is 12.6. The minimum atomic E-state index is -0.570. The zero-order valence-electron chi connectivity index (χ0n) is 14.4. The van der Waals surface area contributed by atoms with E-state index in [1.165, 1.54) is 0 Å². The number of hydrogen-bond acceptors (Lipinski definition) is 7. The lowest BCUT2D eigenvalue weighted by Gasteiger charge is -2.29. The number of nitrogens with zero attached hydrogens (tertiary/aromatic N) is 2. The summed E-state index contributed by atoms with van der Waals surface area (Å²) in [5.41, 5.74) is 13.8. The first-order chi connectivity index (χ1) is 12.5. The zero-order valence-corrected chi connectivity index (χ0v) is 14.4. The predicted molar refractivity (Wildman–Crippen MR) is 96.0 cm³/mol. The third kappa shape index (κ3) is 2.71. The number of aromatic nitrogens is 1. The van der Waals surface area contributed by atoms with E-state index in [4.69, 9.17) is 20.9 Å². The Morgan fingerprint density at radius 1 is 1.35 bits per heavy atom. The number of rotatable bonds is 3. The smallest absolute Gasteiger partial charge is 0.338 e. The molecule has 3 rings (SSSR count). The molecular weight excluding hydrogens is 332 g/mol. The summed E-state index contributed by atoms with van der Waals surface area (Å²) in [4.78, 5) is 16.8. The number of carbonyl (C=O) groups excluding carboxylic acids is 1. The number of nitrogens with two attached hydrogens (primary N) is 2. The molecule has 0 saturated carbocycles. The first-order valence-corrected chi connectivity index (χ1v) is 8.09. The third-order valence-electron chi connectivity index (χ3n) is 4.21. The molecule has 7 nitrogen and oxygen atoms in total. The summed E-state index contributed by atoms with van der Waals surface area (Å²) in [6.45, 7) is 3.62. The van der Waals surface area contributed by atoms with Crippen molar-refractivity contribution in [3.63, 3.8) is 0 Å². The average molecular weight is 350 g/mol. The molecule has 2 heterocycles. The van der Waals surface area contributed by atoms with Gasteiger partial charge in [0.15, 0.2) is 0 Å². The number of fused-ring (bicyclic) bond motifs is 1. The zero-order chi connectivity index (χ0) is 18.8. The highest BCUT2D eigenvalue weighted by atomic mass is 16.5. The van der Waals surface area contributed by atoms with Crippen molar-refractivity contribution >= 4 is 17.5 Å². The molecule has 1 atom stereocenters. The van der Waals surface area contributed by atoms with Gasteiger partial charge in [0, 0.05) is 0 Å².